The Bertz CT molecular complexity index is 1260. The van der Waals surface area contributed by atoms with Gasteiger partial charge in [-0.2, -0.15) is 4.31 Å². The number of aliphatic hydroxyl groups is 1. The van der Waals surface area contributed by atoms with Crippen molar-refractivity contribution >= 4 is 27.5 Å². The van der Waals surface area contributed by atoms with Crippen molar-refractivity contribution in [1.82, 2.24) is 9.21 Å². The summed E-state index contributed by atoms with van der Waals surface area (Å²) >= 11 is 6.11. The van der Waals surface area contributed by atoms with E-state index < -0.39 is 16.3 Å². The molecule has 224 valence electrons. The van der Waals surface area contributed by atoms with Crippen LogP contribution in [0.15, 0.2) is 65.3 Å². The van der Waals surface area contributed by atoms with Crippen LogP contribution in [0.5, 0.6) is 5.75 Å². The highest BCUT2D eigenvalue weighted by molar-refractivity contribution is 7.89. The van der Waals surface area contributed by atoms with Crippen LogP contribution in [0.4, 0.5) is 0 Å². The number of allylic oxidation sites excluding steroid dienone is 1. The lowest BCUT2D eigenvalue weighted by molar-refractivity contribution is -0.153. The summed E-state index contributed by atoms with van der Waals surface area (Å²) in [5, 5.41) is 10.2. The number of hydrogen-bond acceptors (Lipinski definition) is 7. The highest BCUT2D eigenvalue weighted by atomic mass is 35.5. The number of amides is 1. The Balaban J connectivity index is 1.47. The fourth-order valence-electron chi connectivity index (χ4n) is 5.11. The van der Waals surface area contributed by atoms with Gasteiger partial charge in [-0.15, -0.1) is 0 Å². The van der Waals surface area contributed by atoms with E-state index >= 15 is 0 Å². The van der Waals surface area contributed by atoms with Gasteiger partial charge >= 0.3 is 0 Å². The lowest BCUT2D eigenvalue weighted by Gasteiger charge is -2.32. The summed E-state index contributed by atoms with van der Waals surface area (Å²) in [6.45, 7) is 0.963. The van der Waals surface area contributed by atoms with Gasteiger partial charge in [-0.1, -0.05) is 43.0 Å². The fraction of sp³-hybridized carbons (Fsp3) is 0.500. The van der Waals surface area contributed by atoms with Gasteiger partial charge in [0.2, 0.25) is 16.3 Å². The molecular formula is C30H39ClN2O7S. The summed E-state index contributed by atoms with van der Waals surface area (Å²) in [5.74, 6) is 0.499. The topological polar surface area (TPSA) is 106 Å². The quantitative estimate of drug-likeness (QED) is 0.400. The second kappa shape index (κ2) is 15.0. The number of ether oxygens (including phenoxy) is 3. The van der Waals surface area contributed by atoms with Crippen LogP contribution >= 0.6 is 11.6 Å². The van der Waals surface area contributed by atoms with Gasteiger partial charge in [-0.05, 0) is 60.9 Å². The summed E-state index contributed by atoms with van der Waals surface area (Å²) in [5.41, 5.74) is 0.980. The third-order valence-corrected chi connectivity index (χ3v) is 9.57. The van der Waals surface area contributed by atoms with E-state index in [4.69, 9.17) is 25.8 Å². The first-order valence-corrected chi connectivity index (χ1v) is 15.9. The first-order valence-electron chi connectivity index (χ1n) is 14.1. The van der Waals surface area contributed by atoms with Gasteiger partial charge in [0.15, 0.2) is 5.76 Å². The van der Waals surface area contributed by atoms with E-state index in [1.54, 1.807) is 12.1 Å². The summed E-state index contributed by atoms with van der Waals surface area (Å²) in [7, 11) is -2.37. The number of halogens is 1. The Morgan fingerprint density at radius 3 is 2.32 bits per heavy atom. The van der Waals surface area contributed by atoms with Gasteiger partial charge in [-0.3, -0.25) is 4.79 Å². The summed E-state index contributed by atoms with van der Waals surface area (Å²) in [4.78, 5) is 15.5. The SMILES string of the molecule is COc1ccc(S(=O)(=O)N(CCO)CCO[C@H]2C[C@@H](c3ccc(Cl)cc3)C=C(C(=O)N3CCCCCCC3)O2)cc1. The molecule has 0 aromatic heterocycles. The lowest BCUT2D eigenvalue weighted by Crippen LogP contribution is -2.39. The minimum Gasteiger partial charge on any atom is -0.497 e. The van der Waals surface area contributed by atoms with Crippen molar-refractivity contribution in [2.24, 2.45) is 0 Å². The van der Waals surface area contributed by atoms with Crippen LogP contribution in [0.2, 0.25) is 5.02 Å². The molecule has 0 bridgehead atoms. The van der Waals surface area contributed by atoms with E-state index in [2.05, 4.69) is 0 Å². The molecule has 1 N–H and O–H groups in total. The molecule has 11 heteroatoms. The van der Waals surface area contributed by atoms with Crippen molar-refractivity contribution in [3.05, 3.63) is 71.0 Å². The van der Waals surface area contributed by atoms with Crippen molar-refractivity contribution in [3.8, 4) is 5.75 Å². The van der Waals surface area contributed by atoms with E-state index in [-0.39, 0.29) is 48.8 Å². The minimum absolute atomic E-state index is 0.000483. The van der Waals surface area contributed by atoms with Crippen molar-refractivity contribution in [3.63, 3.8) is 0 Å². The Kier molecular flexibility index (Phi) is 11.5. The molecule has 9 nitrogen and oxygen atoms in total. The van der Waals surface area contributed by atoms with Crippen LogP contribution < -0.4 is 4.74 Å². The zero-order chi connectivity index (χ0) is 29.2. The Morgan fingerprint density at radius 2 is 1.68 bits per heavy atom. The van der Waals surface area contributed by atoms with Gasteiger partial charge in [0.05, 0.1) is 25.2 Å². The predicted octanol–water partition coefficient (Wildman–Crippen LogP) is 4.56. The summed E-state index contributed by atoms with van der Waals surface area (Å²) in [6, 6.07) is 13.6. The van der Waals surface area contributed by atoms with Crippen LogP contribution in [0.3, 0.4) is 0 Å². The number of sulfonamides is 1. The monoisotopic (exact) mass is 606 g/mol. The molecule has 0 radical (unpaired) electrons. The molecule has 0 saturated carbocycles. The van der Waals surface area contributed by atoms with E-state index in [9.17, 15) is 18.3 Å². The number of carbonyl (C=O) groups is 1. The highest BCUT2D eigenvalue weighted by Crippen LogP contribution is 2.33. The number of carbonyl (C=O) groups excluding carboxylic acids is 1. The van der Waals surface area contributed by atoms with Gasteiger partial charge in [0.1, 0.15) is 5.75 Å². The lowest BCUT2D eigenvalue weighted by atomic mass is 9.93. The normalized spacial score (nSPS) is 20.1. The van der Waals surface area contributed by atoms with Crippen LogP contribution in [0, 0.1) is 0 Å². The molecular weight excluding hydrogens is 568 g/mol. The number of nitrogens with zero attached hydrogens (tertiary/aromatic N) is 2. The molecule has 2 heterocycles. The first-order chi connectivity index (χ1) is 19.8. The molecule has 1 amide bonds. The molecule has 2 aliphatic rings. The van der Waals surface area contributed by atoms with Gasteiger partial charge < -0.3 is 24.2 Å². The molecule has 2 aromatic rings. The standard InChI is InChI=1S/C30H39ClN2O7S/c1-38-26-11-13-27(14-12-26)41(36,37)33(17-19-34)18-20-39-29-22-24(23-7-9-25(31)10-8-23)21-28(40-29)30(35)32-15-5-3-2-4-6-16-32/h7-14,21,24,29,34H,2-6,15-20,22H2,1H3/t24-,29+/m0/s1. The summed E-state index contributed by atoms with van der Waals surface area (Å²) in [6.07, 6.45) is 6.87. The van der Waals surface area contributed by atoms with E-state index in [1.165, 1.54) is 30.0 Å². The Hall–Kier alpha value is -2.63. The molecule has 2 aromatic carbocycles. The molecule has 0 aliphatic carbocycles. The number of methoxy groups -OCH3 is 1. The third-order valence-electron chi connectivity index (χ3n) is 7.40. The Labute approximate surface area is 247 Å². The Morgan fingerprint density at radius 1 is 1.02 bits per heavy atom. The maximum atomic E-state index is 13.5. The fourth-order valence-corrected chi connectivity index (χ4v) is 6.65. The molecule has 4 rings (SSSR count). The van der Waals surface area contributed by atoms with Crippen molar-refractivity contribution < 1.29 is 32.5 Å². The maximum Gasteiger partial charge on any atom is 0.288 e. The van der Waals surface area contributed by atoms with Gasteiger partial charge in [-0.25, -0.2) is 8.42 Å². The number of aliphatic hydroxyl groups excluding tert-OH is 1. The van der Waals surface area contributed by atoms with Crippen molar-refractivity contribution in [1.29, 1.82) is 0 Å². The molecule has 2 aliphatic heterocycles. The first kappa shape index (κ1) is 31.3. The number of benzene rings is 2. The number of rotatable bonds is 11. The van der Waals surface area contributed by atoms with Crippen LogP contribution in [0.25, 0.3) is 0 Å². The molecule has 0 unspecified atom stereocenters. The number of hydrogen-bond donors (Lipinski definition) is 1. The summed E-state index contributed by atoms with van der Waals surface area (Å²) < 4.78 is 44.9. The second-order valence-corrected chi connectivity index (χ2v) is 12.6. The molecule has 2 atom stereocenters. The van der Waals surface area contributed by atoms with Crippen LogP contribution in [-0.2, 0) is 24.3 Å². The van der Waals surface area contributed by atoms with Gasteiger partial charge in [0.25, 0.3) is 5.91 Å². The maximum absolute atomic E-state index is 13.5. The average molecular weight is 607 g/mol. The zero-order valence-corrected chi connectivity index (χ0v) is 25.0. The van der Waals surface area contributed by atoms with Crippen molar-refractivity contribution in [2.45, 2.75) is 55.6 Å². The molecule has 41 heavy (non-hydrogen) atoms. The molecule has 0 spiro atoms. The van der Waals surface area contributed by atoms with Gasteiger partial charge in [0, 0.05) is 43.5 Å². The third kappa shape index (κ3) is 8.45. The van der Waals surface area contributed by atoms with E-state index in [0.29, 0.717) is 30.3 Å². The number of likely N-dealkylation sites (tertiary alicyclic amines) is 1. The highest BCUT2D eigenvalue weighted by Gasteiger charge is 2.32. The van der Waals surface area contributed by atoms with E-state index in [0.717, 1.165) is 31.2 Å². The van der Waals surface area contributed by atoms with Crippen molar-refractivity contribution in [2.75, 3.05) is 46.5 Å². The van der Waals surface area contributed by atoms with Crippen LogP contribution in [-0.4, -0.2) is 81.4 Å². The average Bonchev–Trinajstić information content (AvgIpc) is 2.96. The molecule has 1 saturated heterocycles. The predicted molar refractivity (Wildman–Crippen MR) is 156 cm³/mol. The van der Waals surface area contributed by atoms with E-state index in [1.807, 2.05) is 35.2 Å². The minimum atomic E-state index is -3.88. The second-order valence-electron chi connectivity index (χ2n) is 10.2. The smallest absolute Gasteiger partial charge is 0.288 e. The largest absolute Gasteiger partial charge is 0.497 e. The van der Waals surface area contributed by atoms with Crippen LogP contribution in [0.1, 0.15) is 50.0 Å². The zero-order valence-electron chi connectivity index (χ0n) is 23.4. The molecule has 1 fully saturated rings.